The normalized spacial score (nSPS) is 15.0. The van der Waals surface area contributed by atoms with Crippen LogP contribution >= 0.6 is 11.9 Å². The maximum atomic E-state index is 12.9. The standard InChI is InChI=1S/C15H12F3N3O3S/c16-15(17,18)10-7-11-9-19(5-6-20(11)14(22)8-10)25-13-4-2-1-3-12(13)21(23)24/h1-4,7-8H,5-6,9H2. The van der Waals surface area contributed by atoms with Crippen LogP contribution < -0.4 is 5.56 Å². The molecule has 0 unspecified atom stereocenters. The fourth-order valence-electron chi connectivity index (χ4n) is 2.57. The van der Waals surface area contributed by atoms with Crippen LogP contribution in [-0.4, -0.2) is 20.3 Å². The summed E-state index contributed by atoms with van der Waals surface area (Å²) in [6.45, 7) is 0.685. The lowest BCUT2D eigenvalue weighted by Crippen LogP contribution is -2.36. The molecule has 1 aromatic heterocycles. The Hall–Kier alpha value is -2.33. The van der Waals surface area contributed by atoms with Crippen LogP contribution in [0.3, 0.4) is 0 Å². The van der Waals surface area contributed by atoms with E-state index in [2.05, 4.69) is 0 Å². The predicted octanol–water partition coefficient (Wildman–Crippen LogP) is 3.30. The van der Waals surface area contributed by atoms with E-state index in [-0.39, 0.29) is 24.5 Å². The lowest BCUT2D eigenvalue weighted by molar-refractivity contribution is -0.387. The number of benzene rings is 1. The van der Waals surface area contributed by atoms with Gasteiger partial charge in [0.2, 0.25) is 0 Å². The lowest BCUT2D eigenvalue weighted by Gasteiger charge is -2.29. The van der Waals surface area contributed by atoms with E-state index >= 15 is 0 Å². The zero-order valence-electron chi connectivity index (χ0n) is 12.7. The Morgan fingerprint density at radius 2 is 1.88 bits per heavy atom. The Morgan fingerprint density at radius 3 is 2.56 bits per heavy atom. The van der Waals surface area contributed by atoms with Crippen molar-refractivity contribution in [3.63, 3.8) is 0 Å². The molecule has 132 valence electrons. The van der Waals surface area contributed by atoms with E-state index in [0.717, 1.165) is 18.0 Å². The number of nitrogens with zero attached hydrogens (tertiary/aromatic N) is 3. The van der Waals surface area contributed by atoms with Crippen molar-refractivity contribution in [2.45, 2.75) is 24.2 Å². The summed E-state index contributed by atoms with van der Waals surface area (Å²) in [5.41, 5.74) is -1.52. The van der Waals surface area contributed by atoms with Gasteiger partial charge in [0.1, 0.15) is 4.90 Å². The molecule has 6 nitrogen and oxygen atoms in total. The second-order valence-corrected chi connectivity index (χ2v) is 6.54. The molecule has 25 heavy (non-hydrogen) atoms. The maximum absolute atomic E-state index is 12.9. The van der Waals surface area contributed by atoms with Gasteiger partial charge >= 0.3 is 6.18 Å². The highest BCUT2D eigenvalue weighted by Crippen LogP contribution is 2.34. The van der Waals surface area contributed by atoms with E-state index in [1.54, 1.807) is 22.5 Å². The van der Waals surface area contributed by atoms with Gasteiger partial charge in [-0.05, 0) is 24.1 Å². The van der Waals surface area contributed by atoms with Crippen LogP contribution in [-0.2, 0) is 19.3 Å². The van der Waals surface area contributed by atoms with Gasteiger partial charge in [-0.1, -0.05) is 12.1 Å². The molecule has 0 amide bonds. The molecule has 1 aliphatic rings. The van der Waals surface area contributed by atoms with Crippen molar-refractivity contribution in [1.82, 2.24) is 8.87 Å². The van der Waals surface area contributed by atoms with Crippen molar-refractivity contribution in [3.05, 3.63) is 68.1 Å². The molecule has 1 aromatic carbocycles. The SMILES string of the molecule is O=c1cc(C(F)(F)F)cc2n1CCN(Sc1ccccc1[N+](=O)[O-])C2. The Bertz CT molecular complexity index is 882. The Morgan fingerprint density at radius 1 is 1.16 bits per heavy atom. The van der Waals surface area contributed by atoms with E-state index in [1.165, 1.54) is 10.6 Å². The number of hydrogen-bond acceptors (Lipinski definition) is 5. The van der Waals surface area contributed by atoms with Gasteiger partial charge in [-0.15, -0.1) is 0 Å². The summed E-state index contributed by atoms with van der Waals surface area (Å²) >= 11 is 1.10. The highest BCUT2D eigenvalue weighted by atomic mass is 32.2. The van der Waals surface area contributed by atoms with Gasteiger partial charge in [0, 0.05) is 37.5 Å². The van der Waals surface area contributed by atoms with Crippen LogP contribution in [0, 0.1) is 10.1 Å². The molecule has 1 aliphatic heterocycles. The van der Waals surface area contributed by atoms with E-state index in [4.69, 9.17) is 0 Å². The van der Waals surface area contributed by atoms with Gasteiger partial charge in [-0.2, -0.15) is 13.2 Å². The largest absolute Gasteiger partial charge is 0.416 e. The number of alkyl halides is 3. The first-order valence-corrected chi connectivity index (χ1v) is 8.00. The maximum Gasteiger partial charge on any atom is 0.416 e. The predicted molar refractivity (Wildman–Crippen MR) is 85.1 cm³/mol. The first-order valence-electron chi connectivity index (χ1n) is 7.23. The Labute approximate surface area is 144 Å². The van der Waals surface area contributed by atoms with Crippen LogP contribution in [0.25, 0.3) is 0 Å². The summed E-state index contributed by atoms with van der Waals surface area (Å²) in [6.07, 6.45) is -4.59. The smallest absolute Gasteiger partial charge is 0.310 e. The molecule has 0 fully saturated rings. The molecule has 0 aliphatic carbocycles. The van der Waals surface area contributed by atoms with Crippen LogP contribution in [0.4, 0.5) is 18.9 Å². The highest BCUT2D eigenvalue weighted by molar-refractivity contribution is 7.97. The minimum atomic E-state index is -4.59. The number of fused-ring (bicyclic) bond motifs is 1. The number of rotatable bonds is 3. The number of hydrogen-bond donors (Lipinski definition) is 0. The van der Waals surface area contributed by atoms with Crippen LogP contribution in [0.2, 0.25) is 0 Å². The van der Waals surface area contributed by atoms with Gasteiger partial charge in [0.05, 0.1) is 10.5 Å². The summed E-state index contributed by atoms with van der Waals surface area (Å²) in [5.74, 6) is 0. The number of nitro groups is 1. The number of pyridine rings is 1. The van der Waals surface area contributed by atoms with Crippen molar-refractivity contribution in [2.75, 3.05) is 6.54 Å². The summed E-state index contributed by atoms with van der Waals surface area (Å²) in [6, 6.07) is 7.69. The molecule has 0 radical (unpaired) electrons. The zero-order chi connectivity index (χ0) is 18.2. The third kappa shape index (κ3) is 3.69. The van der Waals surface area contributed by atoms with Gasteiger partial charge in [-0.3, -0.25) is 14.9 Å². The second kappa shape index (κ2) is 6.52. The number of aromatic nitrogens is 1. The van der Waals surface area contributed by atoms with Crippen molar-refractivity contribution in [2.24, 2.45) is 0 Å². The highest BCUT2D eigenvalue weighted by Gasteiger charge is 2.33. The fourth-order valence-corrected chi connectivity index (χ4v) is 3.60. The first-order chi connectivity index (χ1) is 11.8. The van der Waals surface area contributed by atoms with Gasteiger partial charge < -0.3 is 4.57 Å². The topological polar surface area (TPSA) is 68.4 Å². The number of nitro benzene ring substituents is 1. The monoisotopic (exact) mass is 371 g/mol. The average molecular weight is 371 g/mol. The van der Waals surface area contributed by atoms with Crippen molar-refractivity contribution in [1.29, 1.82) is 0 Å². The van der Waals surface area contributed by atoms with Gasteiger partial charge in [0.15, 0.2) is 0 Å². The van der Waals surface area contributed by atoms with Crippen molar-refractivity contribution < 1.29 is 18.1 Å². The zero-order valence-corrected chi connectivity index (χ0v) is 13.5. The molecule has 0 saturated carbocycles. The Balaban J connectivity index is 1.88. The van der Waals surface area contributed by atoms with E-state index in [1.807, 2.05) is 0 Å². The van der Waals surface area contributed by atoms with E-state index in [9.17, 15) is 28.1 Å². The lowest BCUT2D eigenvalue weighted by atomic mass is 10.2. The minimum Gasteiger partial charge on any atom is -0.310 e. The molecular formula is C15H12F3N3O3S. The van der Waals surface area contributed by atoms with Gasteiger partial charge in [-0.25, -0.2) is 4.31 Å². The molecule has 0 bridgehead atoms. The first kappa shape index (κ1) is 17.5. The third-order valence-electron chi connectivity index (χ3n) is 3.74. The molecule has 0 saturated heterocycles. The average Bonchev–Trinajstić information content (AvgIpc) is 2.54. The van der Waals surface area contributed by atoms with Crippen molar-refractivity contribution >= 4 is 17.6 Å². The molecule has 0 N–H and O–H groups in total. The molecule has 3 rings (SSSR count). The third-order valence-corrected chi connectivity index (χ3v) is 4.85. The summed E-state index contributed by atoms with van der Waals surface area (Å²) in [5, 5.41) is 11.1. The van der Waals surface area contributed by atoms with E-state index in [0.29, 0.717) is 17.5 Å². The molecule has 10 heteroatoms. The van der Waals surface area contributed by atoms with Crippen molar-refractivity contribution in [3.8, 4) is 0 Å². The molecule has 0 atom stereocenters. The molecular weight excluding hydrogens is 359 g/mol. The molecule has 0 spiro atoms. The van der Waals surface area contributed by atoms with Crippen LogP contribution in [0.1, 0.15) is 11.3 Å². The number of para-hydroxylation sites is 1. The summed E-state index contributed by atoms with van der Waals surface area (Å²) in [4.78, 5) is 22.8. The fraction of sp³-hybridized carbons (Fsp3) is 0.267. The molecule has 2 aromatic rings. The number of halogens is 3. The summed E-state index contributed by atoms with van der Waals surface area (Å²) in [7, 11) is 0. The van der Waals surface area contributed by atoms with Crippen LogP contribution in [0.15, 0.2) is 46.1 Å². The minimum absolute atomic E-state index is 0.0699. The van der Waals surface area contributed by atoms with Gasteiger partial charge in [0.25, 0.3) is 11.2 Å². The van der Waals surface area contributed by atoms with E-state index < -0.39 is 22.2 Å². The molecule has 2 heterocycles. The van der Waals surface area contributed by atoms with Crippen LogP contribution in [0.5, 0.6) is 0 Å². The Kier molecular flexibility index (Phi) is 4.56. The summed E-state index contributed by atoms with van der Waals surface area (Å²) < 4.78 is 41.6. The quantitative estimate of drug-likeness (QED) is 0.470. The second-order valence-electron chi connectivity index (χ2n) is 5.40.